The van der Waals surface area contributed by atoms with E-state index >= 15 is 0 Å². The Morgan fingerprint density at radius 2 is 1.93 bits per heavy atom. The number of hydrogen-bond donors (Lipinski definition) is 0. The first kappa shape index (κ1) is 19.1. The summed E-state index contributed by atoms with van der Waals surface area (Å²) >= 11 is 0. The lowest BCUT2D eigenvalue weighted by molar-refractivity contribution is -0.152. The maximum Gasteiger partial charge on any atom is 0.319 e. The third-order valence-corrected chi connectivity index (χ3v) is 4.64. The first-order chi connectivity index (χ1) is 12.6. The SMILES string of the molecule is Cc1cc(C)cc(N2CCC(C(=O)OCc3ncc(C(C)(C)C)o3)C2=O)c1. The van der Waals surface area contributed by atoms with Gasteiger partial charge in [-0.25, -0.2) is 4.98 Å². The van der Waals surface area contributed by atoms with Crippen LogP contribution in [0, 0.1) is 19.8 Å². The summed E-state index contributed by atoms with van der Waals surface area (Å²) in [6.07, 6.45) is 2.09. The molecule has 1 aromatic heterocycles. The lowest BCUT2D eigenvalue weighted by Gasteiger charge is -2.18. The standard InChI is InChI=1S/C21H26N2O4/c1-13-8-14(2)10-15(9-13)23-7-6-16(19(23)24)20(25)26-12-18-22-11-17(27-18)21(3,4)5/h8-11,16H,6-7,12H2,1-5H3. The molecule has 1 fully saturated rings. The molecule has 1 aromatic carbocycles. The highest BCUT2D eigenvalue weighted by Crippen LogP contribution is 2.28. The maximum atomic E-state index is 12.7. The van der Waals surface area contributed by atoms with Gasteiger partial charge in [0, 0.05) is 17.6 Å². The molecule has 0 bridgehead atoms. The van der Waals surface area contributed by atoms with E-state index < -0.39 is 11.9 Å². The zero-order valence-corrected chi connectivity index (χ0v) is 16.5. The molecule has 0 radical (unpaired) electrons. The Morgan fingerprint density at radius 1 is 1.26 bits per heavy atom. The molecule has 1 saturated heterocycles. The van der Waals surface area contributed by atoms with Gasteiger partial charge in [-0.3, -0.25) is 9.59 Å². The van der Waals surface area contributed by atoms with Gasteiger partial charge in [0.15, 0.2) is 6.61 Å². The molecular weight excluding hydrogens is 344 g/mol. The van der Waals surface area contributed by atoms with Gasteiger partial charge in [-0.2, -0.15) is 0 Å². The summed E-state index contributed by atoms with van der Waals surface area (Å²) in [4.78, 5) is 30.9. The fourth-order valence-electron chi connectivity index (χ4n) is 3.22. The quantitative estimate of drug-likeness (QED) is 0.606. The Hall–Kier alpha value is -2.63. The highest BCUT2D eigenvalue weighted by atomic mass is 16.5. The van der Waals surface area contributed by atoms with Crippen LogP contribution >= 0.6 is 0 Å². The average Bonchev–Trinajstić information content (AvgIpc) is 3.18. The van der Waals surface area contributed by atoms with Crippen molar-refractivity contribution in [3.8, 4) is 0 Å². The molecule has 2 heterocycles. The van der Waals surface area contributed by atoms with Crippen molar-refractivity contribution in [2.24, 2.45) is 5.92 Å². The number of esters is 1. The topological polar surface area (TPSA) is 72.6 Å². The number of benzene rings is 1. The number of oxazole rings is 1. The van der Waals surface area contributed by atoms with Crippen LogP contribution in [-0.2, 0) is 26.3 Å². The molecule has 1 aliphatic heterocycles. The van der Waals surface area contributed by atoms with E-state index in [4.69, 9.17) is 9.15 Å². The summed E-state index contributed by atoms with van der Waals surface area (Å²) in [5.41, 5.74) is 2.84. The first-order valence-corrected chi connectivity index (χ1v) is 9.16. The van der Waals surface area contributed by atoms with Crippen LogP contribution in [0.1, 0.15) is 50.0 Å². The third kappa shape index (κ3) is 4.21. The lowest BCUT2D eigenvalue weighted by atomic mass is 9.94. The van der Waals surface area contributed by atoms with E-state index in [1.54, 1.807) is 11.1 Å². The molecule has 1 amide bonds. The first-order valence-electron chi connectivity index (χ1n) is 9.16. The summed E-state index contributed by atoms with van der Waals surface area (Å²) in [5.74, 6) is -0.450. The van der Waals surface area contributed by atoms with Crippen molar-refractivity contribution in [3.63, 3.8) is 0 Å². The second-order valence-electron chi connectivity index (χ2n) is 8.15. The van der Waals surface area contributed by atoms with Gasteiger partial charge in [0.25, 0.3) is 0 Å². The highest BCUT2D eigenvalue weighted by Gasteiger charge is 2.39. The molecule has 0 N–H and O–H groups in total. The van der Waals surface area contributed by atoms with Crippen LogP contribution in [0.25, 0.3) is 0 Å². The molecule has 3 rings (SSSR count). The van der Waals surface area contributed by atoms with E-state index in [1.807, 2.05) is 46.8 Å². The number of ether oxygens (including phenoxy) is 1. The van der Waals surface area contributed by atoms with Crippen LogP contribution in [-0.4, -0.2) is 23.4 Å². The molecule has 1 unspecified atom stereocenters. The van der Waals surface area contributed by atoms with Crippen molar-refractivity contribution in [1.29, 1.82) is 0 Å². The Labute approximate surface area is 159 Å². The molecule has 0 aliphatic carbocycles. The van der Waals surface area contributed by atoms with Crippen molar-refractivity contribution in [2.45, 2.75) is 53.1 Å². The molecule has 27 heavy (non-hydrogen) atoms. The van der Waals surface area contributed by atoms with Crippen molar-refractivity contribution in [3.05, 3.63) is 47.2 Å². The summed E-state index contributed by atoms with van der Waals surface area (Å²) in [6.45, 7) is 10.5. The maximum absolute atomic E-state index is 12.7. The van der Waals surface area contributed by atoms with Crippen LogP contribution in [0.2, 0.25) is 0 Å². The van der Waals surface area contributed by atoms with Crippen molar-refractivity contribution in [1.82, 2.24) is 4.98 Å². The van der Waals surface area contributed by atoms with Gasteiger partial charge in [0.1, 0.15) is 11.7 Å². The minimum Gasteiger partial charge on any atom is -0.455 e. The fourth-order valence-corrected chi connectivity index (χ4v) is 3.22. The summed E-state index contributed by atoms with van der Waals surface area (Å²) in [5, 5.41) is 0. The Bertz CT molecular complexity index is 843. The van der Waals surface area contributed by atoms with Gasteiger partial charge in [-0.1, -0.05) is 26.8 Å². The largest absolute Gasteiger partial charge is 0.455 e. The van der Waals surface area contributed by atoms with E-state index in [2.05, 4.69) is 11.1 Å². The second kappa shape index (κ2) is 7.18. The van der Waals surface area contributed by atoms with E-state index in [0.717, 1.165) is 22.6 Å². The molecule has 0 spiro atoms. The van der Waals surface area contributed by atoms with Crippen LogP contribution in [0.3, 0.4) is 0 Å². The second-order valence-corrected chi connectivity index (χ2v) is 8.15. The van der Waals surface area contributed by atoms with E-state index in [1.165, 1.54) is 0 Å². The molecule has 1 aliphatic rings. The molecule has 0 saturated carbocycles. The molecular formula is C21H26N2O4. The van der Waals surface area contributed by atoms with Crippen LogP contribution in [0.4, 0.5) is 5.69 Å². The number of aryl methyl sites for hydroxylation is 2. The van der Waals surface area contributed by atoms with Gasteiger partial charge in [0.05, 0.1) is 6.20 Å². The predicted octanol–water partition coefficient (Wildman–Crippen LogP) is 3.69. The fraction of sp³-hybridized carbons (Fsp3) is 0.476. The van der Waals surface area contributed by atoms with Crippen LogP contribution in [0.5, 0.6) is 0 Å². The minimum atomic E-state index is -0.775. The highest BCUT2D eigenvalue weighted by molar-refractivity contribution is 6.08. The number of carbonyl (C=O) groups is 2. The molecule has 1 atom stereocenters. The van der Waals surface area contributed by atoms with Gasteiger partial charge in [0.2, 0.25) is 11.8 Å². The van der Waals surface area contributed by atoms with Gasteiger partial charge < -0.3 is 14.1 Å². The zero-order valence-electron chi connectivity index (χ0n) is 16.5. The summed E-state index contributed by atoms with van der Waals surface area (Å²) in [7, 11) is 0. The zero-order chi connectivity index (χ0) is 19.8. The van der Waals surface area contributed by atoms with E-state index in [0.29, 0.717) is 18.9 Å². The number of hydrogen-bond acceptors (Lipinski definition) is 5. The number of rotatable bonds is 4. The Balaban J connectivity index is 1.62. The van der Waals surface area contributed by atoms with Crippen molar-refractivity contribution in [2.75, 3.05) is 11.4 Å². The number of carbonyl (C=O) groups excluding carboxylic acids is 2. The number of anilines is 1. The van der Waals surface area contributed by atoms with Crippen LogP contribution in [0.15, 0.2) is 28.8 Å². The molecule has 2 aromatic rings. The predicted molar refractivity (Wildman–Crippen MR) is 101 cm³/mol. The lowest BCUT2D eigenvalue weighted by Crippen LogP contribution is -2.31. The number of amides is 1. The smallest absolute Gasteiger partial charge is 0.319 e. The minimum absolute atomic E-state index is 0.0672. The Kier molecular flexibility index (Phi) is 5.09. The third-order valence-electron chi connectivity index (χ3n) is 4.64. The van der Waals surface area contributed by atoms with Gasteiger partial charge >= 0.3 is 5.97 Å². The Morgan fingerprint density at radius 3 is 2.52 bits per heavy atom. The van der Waals surface area contributed by atoms with Gasteiger partial charge in [-0.15, -0.1) is 0 Å². The monoisotopic (exact) mass is 370 g/mol. The van der Waals surface area contributed by atoms with Crippen molar-refractivity contribution >= 4 is 17.6 Å². The molecule has 6 nitrogen and oxygen atoms in total. The van der Waals surface area contributed by atoms with Crippen molar-refractivity contribution < 1.29 is 18.7 Å². The average molecular weight is 370 g/mol. The number of aromatic nitrogens is 1. The normalized spacial score (nSPS) is 17.4. The van der Waals surface area contributed by atoms with E-state index in [-0.39, 0.29) is 17.9 Å². The van der Waals surface area contributed by atoms with E-state index in [9.17, 15) is 9.59 Å². The summed E-state index contributed by atoms with van der Waals surface area (Å²) in [6, 6.07) is 5.97. The van der Waals surface area contributed by atoms with Gasteiger partial charge in [-0.05, 0) is 43.5 Å². The summed E-state index contributed by atoms with van der Waals surface area (Å²) < 4.78 is 10.9. The van der Waals surface area contributed by atoms with Crippen LogP contribution < -0.4 is 4.90 Å². The molecule has 144 valence electrons. The molecule has 6 heteroatoms. The number of nitrogens with zero attached hydrogens (tertiary/aromatic N) is 2.